The van der Waals surface area contributed by atoms with E-state index in [4.69, 9.17) is 0 Å². The molecule has 0 atom stereocenters. The van der Waals surface area contributed by atoms with E-state index >= 15 is 0 Å². The van der Waals surface area contributed by atoms with Crippen LogP contribution in [-0.2, 0) is 9.84 Å². The Morgan fingerprint density at radius 3 is 2.28 bits per heavy atom. The standard InChI is InChI=1S/C20H18F3NO4S/c1-12(2)10-24(11-20(21,22)23)19(26)13-7-8-15-17(9-13)29(27,28)16-6-4-3-5-14(16)18(15)25/h3-9,12H,10-11H2,1-2H3. The third-order valence-corrected chi connectivity index (χ3v) is 6.28. The fourth-order valence-corrected chi connectivity index (χ4v) is 4.95. The molecule has 0 fully saturated rings. The molecular formula is C20H18F3NO4S. The zero-order valence-corrected chi connectivity index (χ0v) is 16.5. The molecule has 1 aliphatic rings. The van der Waals surface area contributed by atoms with Crippen molar-refractivity contribution in [1.82, 2.24) is 4.90 Å². The fraction of sp³-hybridized carbons (Fsp3) is 0.300. The van der Waals surface area contributed by atoms with Crippen LogP contribution < -0.4 is 0 Å². The van der Waals surface area contributed by atoms with Crippen molar-refractivity contribution in [3.05, 3.63) is 59.2 Å². The van der Waals surface area contributed by atoms with Gasteiger partial charge in [-0.3, -0.25) is 9.59 Å². The van der Waals surface area contributed by atoms with Gasteiger partial charge in [0.2, 0.25) is 9.84 Å². The van der Waals surface area contributed by atoms with Gasteiger partial charge in [-0.15, -0.1) is 0 Å². The van der Waals surface area contributed by atoms with Gasteiger partial charge in [0.25, 0.3) is 5.91 Å². The van der Waals surface area contributed by atoms with Crippen LogP contribution in [0.5, 0.6) is 0 Å². The number of sulfone groups is 1. The molecule has 0 saturated carbocycles. The Bertz CT molecular complexity index is 1090. The first-order chi connectivity index (χ1) is 13.4. The number of halogens is 3. The Kier molecular flexibility index (Phi) is 5.29. The highest BCUT2D eigenvalue weighted by molar-refractivity contribution is 7.91. The topological polar surface area (TPSA) is 71.5 Å². The lowest BCUT2D eigenvalue weighted by molar-refractivity contribution is -0.141. The first-order valence-corrected chi connectivity index (χ1v) is 10.3. The summed E-state index contributed by atoms with van der Waals surface area (Å²) in [6, 6.07) is 9.05. The van der Waals surface area contributed by atoms with Crippen LogP contribution in [0.1, 0.15) is 40.1 Å². The molecule has 1 aliphatic heterocycles. The third-order valence-electron chi connectivity index (χ3n) is 4.43. The van der Waals surface area contributed by atoms with Crippen molar-refractivity contribution in [2.24, 2.45) is 5.92 Å². The van der Waals surface area contributed by atoms with Crippen LogP contribution in [0.25, 0.3) is 0 Å². The third kappa shape index (κ3) is 4.05. The maximum atomic E-state index is 12.9. The second-order valence-electron chi connectivity index (χ2n) is 7.23. The minimum Gasteiger partial charge on any atom is -0.329 e. The van der Waals surface area contributed by atoms with Crippen molar-refractivity contribution < 1.29 is 31.2 Å². The number of alkyl halides is 3. The van der Waals surface area contributed by atoms with E-state index < -0.39 is 34.2 Å². The maximum absolute atomic E-state index is 12.9. The number of nitrogens with zero attached hydrogens (tertiary/aromatic N) is 1. The Labute approximate surface area is 166 Å². The van der Waals surface area contributed by atoms with E-state index in [1.165, 1.54) is 36.4 Å². The second-order valence-corrected chi connectivity index (χ2v) is 9.12. The van der Waals surface area contributed by atoms with Crippen molar-refractivity contribution in [3.8, 4) is 0 Å². The molecule has 0 N–H and O–H groups in total. The smallest absolute Gasteiger partial charge is 0.329 e. The van der Waals surface area contributed by atoms with Gasteiger partial charge in [-0.05, 0) is 36.2 Å². The van der Waals surface area contributed by atoms with E-state index in [1.54, 1.807) is 13.8 Å². The molecular weight excluding hydrogens is 407 g/mol. The lowest BCUT2D eigenvalue weighted by Crippen LogP contribution is -2.41. The molecule has 0 aliphatic carbocycles. The van der Waals surface area contributed by atoms with Gasteiger partial charge in [0.05, 0.1) is 9.79 Å². The van der Waals surface area contributed by atoms with E-state index in [9.17, 15) is 31.2 Å². The number of ketones is 1. The summed E-state index contributed by atoms with van der Waals surface area (Å²) in [5.74, 6) is -1.69. The van der Waals surface area contributed by atoms with Crippen molar-refractivity contribution in [3.63, 3.8) is 0 Å². The number of carbonyl (C=O) groups excluding carboxylic acids is 2. The highest BCUT2D eigenvalue weighted by Crippen LogP contribution is 2.35. The Hall–Kier alpha value is -2.68. The van der Waals surface area contributed by atoms with E-state index in [0.717, 1.165) is 6.07 Å². The molecule has 0 saturated heterocycles. The molecule has 0 spiro atoms. The van der Waals surface area contributed by atoms with Gasteiger partial charge in [0.15, 0.2) is 5.78 Å². The summed E-state index contributed by atoms with van der Waals surface area (Å²) < 4.78 is 64.6. The van der Waals surface area contributed by atoms with Crippen LogP contribution in [-0.4, -0.2) is 44.3 Å². The average molecular weight is 425 g/mol. The summed E-state index contributed by atoms with van der Waals surface area (Å²) in [6.07, 6.45) is -4.60. The molecule has 2 aromatic carbocycles. The monoisotopic (exact) mass is 425 g/mol. The molecule has 9 heteroatoms. The largest absolute Gasteiger partial charge is 0.406 e. The lowest BCUT2D eigenvalue weighted by atomic mass is 10.0. The molecule has 5 nitrogen and oxygen atoms in total. The normalized spacial score (nSPS) is 15.0. The average Bonchev–Trinajstić information content (AvgIpc) is 2.63. The van der Waals surface area contributed by atoms with E-state index in [2.05, 4.69) is 0 Å². The summed E-state index contributed by atoms with van der Waals surface area (Å²) in [7, 11) is -4.09. The SMILES string of the molecule is CC(C)CN(CC(F)(F)F)C(=O)c1ccc2c(c1)S(=O)(=O)c1ccccc1C2=O. The van der Waals surface area contributed by atoms with E-state index in [0.29, 0.717) is 4.90 Å². The van der Waals surface area contributed by atoms with E-state index in [-0.39, 0.29) is 38.9 Å². The zero-order valence-electron chi connectivity index (χ0n) is 15.7. The number of benzene rings is 2. The number of carbonyl (C=O) groups is 2. The van der Waals surface area contributed by atoms with Gasteiger partial charge >= 0.3 is 6.18 Å². The number of amides is 1. The van der Waals surface area contributed by atoms with Crippen LogP contribution in [0.15, 0.2) is 52.3 Å². The Morgan fingerprint density at radius 2 is 1.66 bits per heavy atom. The van der Waals surface area contributed by atoms with Crippen LogP contribution in [0.3, 0.4) is 0 Å². The van der Waals surface area contributed by atoms with Crippen molar-refractivity contribution in [2.75, 3.05) is 13.1 Å². The summed E-state index contributed by atoms with van der Waals surface area (Å²) >= 11 is 0. The fourth-order valence-electron chi connectivity index (χ4n) is 3.28. The molecule has 1 heterocycles. The first kappa shape index (κ1) is 21.0. The second kappa shape index (κ2) is 7.29. The van der Waals surface area contributed by atoms with Crippen LogP contribution in [0.2, 0.25) is 0 Å². The van der Waals surface area contributed by atoms with Gasteiger partial charge in [-0.25, -0.2) is 8.42 Å². The molecule has 29 heavy (non-hydrogen) atoms. The molecule has 0 bridgehead atoms. The molecule has 3 rings (SSSR count). The van der Waals surface area contributed by atoms with Crippen molar-refractivity contribution >= 4 is 21.5 Å². The van der Waals surface area contributed by atoms with Crippen LogP contribution >= 0.6 is 0 Å². The summed E-state index contributed by atoms with van der Waals surface area (Å²) in [6.45, 7) is 1.74. The molecule has 1 amide bonds. The predicted octanol–water partition coefficient (Wildman–Crippen LogP) is 3.72. The van der Waals surface area contributed by atoms with Gasteiger partial charge in [-0.2, -0.15) is 13.2 Å². The molecule has 154 valence electrons. The maximum Gasteiger partial charge on any atom is 0.406 e. The molecule has 0 aromatic heterocycles. The number of hydrogen-bond acceptors (Lipinski definition) is 4. The van der Waals surface area contributed by atoms with Gasteiger partial charge < -0.3 is 4.90 Å². The highest BCUT2D eigenvalue weighted by atomic mass is 32.2. The molecule has 0 unspecified atom stereocenters. The summed E-state index contributed by atoms with van der Waals surface area (Å²) in [4.78, 5) is 25.4. The minimum atomic E-state index is -4.60. The minimum absolute atomic E-state index is 0.0255. The number of hydrogen-bond donors (Lipinski definition) is 0. The van der Waals surface area contributed by atoms with Crippen molar-refractivity contribution in [2.45, 2.75) is 29.8 Å². The zero-order chi connectivity index (χ0) is 21.6. The number of rotatable bonds is 4. The quantitative estimate of drug-likeness (QED) is 0.639. The van der Waals surface area contributed by atoms with Gasteiger partial charge in [0, 0.05) is 23.2 Å². The van der Waals surface area contributed by atoms with Gasteiger partial charge in [0.1, 0.15) is 6.54 Å². The Balaban J connectivity index is 2.07. The first-order valence-electron chi connectivity index (χ1n) is 8.80. The highest BCUT2D eigenvalue weighted by Gasteiger charge is 2.37. The summed E-state index contributed by atoms with van der Waals surface area (Å²) in [5, 5.41) is 0. The molecule has 0 radical (unpaired) electrons. The number of fused-ring (bicyclic) bond motifs is 2. The molecule has 2 aromatic rings. The van der Waals surface area contributed by atoms with E-state index in [1.807, 2.05) is 0 Å². The van der Waals surface area contributed by atoms with Crippen molar-refractivity contribution in [1.29, 1.82) is 0 Å². The summed E-state index contributed by atoms with van der Waals surface area (Å²) in [5.41, 5.74) is -0.298. The van der Waals surface area contributed by atoms with Crippen LogP contribution in [0, 0.1) is 5.92 Å². The predicted molar refractivity (Wildman–Crippen MR) is 98.6 cm³/mol. The van der Waals surface area contributed by atoms with Crippen LogP contribution in [0.4, 0.5) is 13.2 Å². The lowest BCUT2D eigenvalue weighted by Gasteiger charge is -2.26. The van der Waals surface area contributed by atoms with Gasteiger partial charge in [-0.1, -0.05) is 26.0 Å². The Morgan fingerprint density at radius 1 is 1.03 bits per heavy atom.